The molecule has 0 aromatic heterocycles. The molecule has 0 saturated carbocycles. The van der Waals surface area contributed by atoms with E-state index in [1.54, 1.807) is 6.07 Å². The SMILES string of the molecule is Cc1c(CNO)cc(Cl)c2c1OCCCO2. The molecule has 88 valence electrons. The number of ether oxygens (including phenoxy) is 2. The first kappa shape index (κ1) is 11.5. The van der Waals surface area contributed by atoms with Crippen molar-refractivity contribution in [1.29, 1.82) is 0 Å². The molecule has 0 amide bonds. The molecule has 1 aliphatic rings. The summed E-state index contributed by atoms with van der Waals surface area (Å²) in [5, 5.41) is 9.25. The number of hydroxylamine groups is 1. The molecule has 4 nitrogen and oxygen atoms in total. The molecule has 0 fully saturated rings. The molecule has 16 heavy (non-hydrogen) atoms. The van der Waals surface area contributed by atoms with E-state index in [-0.39, 0.29) is 0 Å². The first-order valence-electron chi connectivity index (χ1n) is 5.18. The van der Waals surface area contributed by atoms with Gasteiger partial charge in [0.15, 0.2) is 11.5 Å². The van der Waals surface area contributed by atoms with Crippen LogP contribution in [0.4, 0.5) is 0 Å². The zero-order valence-corrected chi connectivity index (χ0v) is 9.80. The van der Waals surface area contributed by atoms with Crippen molar-refractivity contribution < 1.29 is 14.7 Å². The number of halogens is 1. The minimum atomic E-state index is 0.336. The van der Waals surface area contributed by atoms with Crippen molar-refractivity contribution in [2.24, 2.45) is 0 Å². The van der Waals surface area contributed by atoms with E-state index >= 15 is 0 Å². The van der Waals surface area contributed by atoms with Crippen LogP contribution >= 0.6 is 11.6 Å². The van der Waals surface area contributed by atoms with Crippen molar-refractivity contribution >= 4 is 11.6 Å². The fraction of sp³-hybridized carbons (Fsp3) is 0.455. The number of rotatable bonds is 2. The van der Waals surface area contributed by atoms with Crippen molar-refractivity contribution in [1.82, 2.24) is 5.48 Å². The standard InChI is InChI=1S/C11H14ClNO3/c1-7-8(6-13-14)5-9(12)11-10(7)15-3-2-4-16-11/h5,13-14H,2-4,6H2,1H3. The summed E-state index contributed by atoms with van der Waals surface area (Å²) in [6, 6.07) is 1.79. The van der Waals surface area contributed by atoms with Gasteiger partial charge in [0.25, 0.3) is 0 Å². The maximum absolute atomic E-state index is 8.73. The van der Waals surface area contributed by atoms with Gasteiger partial charge in [0, 0.05) is 13.0 Å². The summed E-state index contributed by atoms with van der Waals surface area (Å²) in [5.74, 6) is 1.30. The highest BCUT2D eigenvalue weighted by Crippen LogP contribution is 2.41. The van der Waals surface area contributed by atoms with Gasteiger partial charge in [-0.2, -0.15) is 0 Å². The normalized spacial score (nSPS) is 14.7. The largest absolute Gasteiger partial charge is 0.489 e. The molecular formula is C11H14ClNO3. The van der Waals surface area contributed by atoms with E-state index in [1.165, 1.54) is 0 Å². The van der Waals surface area contributed by atoms with Crippen LogP contribution in [0.1, 0.15) is 17.5 Å². The summed E-state index contributed by atoms with van der Waals surface area (Å²) < 4.78 is 11.2. The second kappa shape index (κ2) is 4.91. The number of nitrogens with one attached hydrogen (secondary N) is 1. The average molecular weight is 244 g/mol. The molecule has 1 aliphatic heterocycles. The Balaban J connectivity index is 2.47. The lowest BCUT2D eigenvalue weighted by Gasteiger charge is -2.15. The van der Waals surface area contributed by atoms with E-state index in [1.807, 2.05) is 6.92 Å². The van der Waals surface area contributed by atoms with Crippen molar-refractivity contribution in [2.45, 2.75) is 19.9 Å². The minimum absolute atomic E-state index is 0.336. The van der Waals surface area contributed by atoms with Gasteiger partial charge in [-0.25, -0.2) is 5.48 Å². The Morgan fingerprint density at radius 2 is 2.06 bits per heavy atom. The lowest BCUT2D eigenvalue weighted by molar-refractivity contribution is 0.161. The van der Waals surface area contributed by atoms with E-state index in [4.69, 9.17) is 26.3 Å². The molecule has 0 atom stereocenters. The molecule has 1 aromatic carbocycles. The summed E-state index contributed by atoms with van der Waals surface area (Å²) in [7, 11) is 0. The molecular weight excluding hydrogens is 230 g/mol. The Morgan fingerprint density at radius 3 is 2.75 bits per heavy atom. The lowest BCUT2D eigenvalue weighted by atomic mass is 10.1. The van der Waals surface area contributed by atoms with Crippen LogP contribution in [0.25, 0.3) is 0 Å². The van der Waals surface area contributed by atoms with Crippen molar-refractivity contribution in [3.05, 3.63) is 22.2 Å². The summed E-state index contributed by atoms with van der Waals surface area (Å²) in [6.07, 6.45) is 0.845. The molecule has 0 saturated heterocycles. The summed E-state index contributed by atoms with van der Waals surface area (Å²) in [6.45, 7) is 3.50. The van der Waals surface area contributed by atoms with Crippen LogP contribution < -0.4 is 15.0 Å². The molecule has 0 bridgehead atoms. The van der Waals surface area contributed by atoms with Gasteiger partial charge in [0.1, 0.15) is 0 Å². The van der Waals surface area contributed by atoms with E-state index in [0.717, 1.165) is 17.5 Å². The van der Waals surface area contributed by atoms with Gasteiger partial charge >= 0.3 is 0 Å². The van der Waals surface area contributed by atoms with Gasteiger partial charge in [-0.15, -0.1) is 0 Å². The molecule has 0 unspecified atom stereocenters. The highest BCUT2D eigenvalue weighted by Gasteiger charge is 2.19. The van der Waals surface area contributed by atoms with Gasteiger partial charge in [0.05, 0.1) is 18.2 Å². The molecule has 0 radical (unpaired) electrons. The van der Waals surface area contributed by atoms with E-state index in [9.17, 15) is 0 Å². The van der Waals surface area contributed by atoms with Crippen molar-refractivity contribution in [3.63, 3.8) is 0 Å². The quantitative estimate of drug-likeness (QED) is 0.783. The summed E-state index contributed by atoms with van der Waals surface area (Å²) >= 11 is 6.11. The molecule has 1 heterocycles. The van der Waals surface area contributed by atoms with Gasteiger partial charge in [-0.05, 0) is 24.1 Å². The minimum Gasteiger partial charge on any atom is -0.489 e. The fourth-order valence-corrected chi connectivity index (χ4v) is 2.01. The van der Waals surface area contributed by atoms with Crippen LogP contribution in [0.15, 0.2) is 6.07 Å². The third-order valence-corrected chi connectivity index (χ3v) is 2.88. The number of benzene rings is 1. The van der Waals surface area contributed by atoms with Crippen LogP contribution in [0.5, 0.6) is 11.5 Å². The molecule has 1 aromatic rings. The van der Waals surface area contributed by atoms with Gasteiger partial charge in [-0.3, -0.25) is 0 Å². The summed E-state index contributed by atoms with van der Waals surface area (Å²) in [5.41, 5.74) is 3.97. The molecule has 0 aliphatic carbocycles. The van der Waals surface area contributed by atoms with E-state index < -0.39 is 0 Å². The second-order valence-corrected chi connectivity index (χ2v) is 4.09. The Morgan fingerprint density at radius 1 is 1.38 bits per heavy atom. The Kier molecular flexibility index (Phi) is 3.53. The molecule has 0 spiro atoms. The third kappa shape index (κ3) is 2.09. The zero-order valence-electron chi connectivity index (χ0n) is 9.05. The fourth-order valence-electron chi connectivity index (χ4n) is 1.74. The number of hydrogen-bond acceptors (Lipinski definition) is 4. The van der Waals surface area contributed by atoms with Crippen molar-refractivity contribution in [3.8, 4) is 11.5 Å². The Labute approximate surface area is 99.1 Å². The highest BCUT2D eigenvalue weighted by molar-refractivity contribution is 6.32. The van der Waals surface area contributed by atoms with E-state index in [0.29, 0.717) is 36.3 Å². The highest BCUT2D eigenvalue weighted by atomic mass is 35.5. The van der Waals surface area contributed by atoms with Crippen LogP contribution in [-0.4, -0.2) is 18.4 Å². The number of fused-ring (bicyclic) bond motifs is 1. The van der Waals surface area contributed by atoms with Gasteiger partial charge in [0.2, 0.25) is 0 Å². The van der Waals surface area contributed by atoms with Gasteiger partial charge in [-0.1, -0.05) is 11.6 Å². The zero-order chi connectivity index (χ0) is 11.5. The smallest absolute Gasteiger partial charge is 0.180 e. The predicted molar refractivity (Wildman–Crippen MR) is 60.4 cm³/mol. The average Bonchev–Trinajstić information content (AvgIpc) is 2.51. The first-order valence-corrected chi connectivity index (χ1v) is 5.56. The first-order chi connectivity index (χ1) is 7.74. The lowest BCUT2D eigenvalue weighted by Crippen LogP contribution is -2.09. The summed E-state index contributed by atoms with van der Waals surface area (Å²) in [4.78, 5) is 0. The molecule has 5 heteroatoms. The van der Waals surface area contributed by atoms with Crippen LogP contribution in [0.3, 0.4) is 0 Å². The van der Waals surface area contributed by atoms with Gasteiger partial charge < -0.3 is 14.7 Å². The third-order valence-electron chi connectivity index (χ3n) is 2.60. The monoisotopic (exact) mass is 243 g/mol. The molecule has 2 N–H and O–H groups in total. The number of hydrogen-bond donors (Lipinski definition) is 2. The van der Waals surface area contributed by atoms with Crippen LogP contribution in [-0.2, 0) is 6.54 Å². The second-order valence-electron chi connectivity index (χ2n) is 3.69. The maximum Gasteiger partial charge on any atom is 0.180 e. The van der Waals surface area contributed by atoms with Crippen LogP contribution in [0.2, 0.25) is 5.02 Å². The topological polar surface area (TPSA) is 50.7 Å². The van der Waals surface area contributed by atoms with Crippen molar-refractivity contribution in [2.75, 3.05) is 13.2 Å². The molecule has 2 rings (SSSR count). The van der Waals surface area contributed by atoms with E-state index in [2.05, 4.69) is 5.48 Å². The maximum atomic E-state index is 8.73. The Bertz CT molecular complexity index is 395. The predicted octanol–water partition coefficient (Wildman–Crippen LogP) is 2.29. The Hall–Kier alpha value is -0.970. The van der Waals surface area contributed by atoms with Crippen LogP contribution in [0, 0.1) is 6.92 Å².